The van der Waals surface area contributed by atoms with E-state index in [-0.39, 0.29) is 12.5 Å². The summed E-state index contributed by atoms with van der Waals surface area (Å²) in [5, 5.41) is 20.7. The maximum absolute atomic E-state index is 13.6. The predicted octanol–water partition coefficient (Wildman–Crippen LogP) is 4.45. The molecule has 1 amide bonds. The highest BCUT2D eigenvalue weighted by molar-refractivity contribution is 6.42. The molecule has 3 N–H and O–H groups in total. The quantitative estimate of drug-likeness (QED) is 0.455. The smallest absolute Gasteiger partial charge is 0.255 e. The number of amides is 1. The molecule has 1 atom stereocenters. The molecule has 172 valence electrons. The first-order chi connectivity index (χ1) is 15.9. The molecular weight excluding hydrogens is 465 g/mol. The summed E-state index contributed by atoms with van der Waals surface area (Å²) in [7, 11) is 1.55. The SMILES string of the molecule is COc1ccccc1NC(=O)C1=C(C)Nc2nc(CCCO)nn2[C@@H]1c1ccc(Cl)c(Cl)c1. The topological polar surface area (TPSA) is 101 Å². The molecule has 1 aliphatic heterocycles. The van der Waals surface area contributed by atoms with E-state index in [0.29, 0.717) is 57.4 Å². The number of benzene rings is 2. The number of hydrogen-bond donors (Lipinski definition) is 3. The van der Waals surface area contributed by atoms with Crippen LogP contribution < -0.4 is 15.4 Å². The van der Waals surface area contributed by atoms with Crippen molar-refractivity contribution in [3.8, 4) is 5.75 Å². The number of fused-ring (bicyclic) bond motifs is 1. The molecule has 0 spiro atoms. The van der Waals surface area contributed by atoms with Crippen molar-refractivity contribution in [1.29, 1.82) is 0 Å². The highest BCUT2D eigenvalue weighted by atomic mass is 35.5. The molecule has 0 saturated carbocycles. The number of hydrogen-bond acceptors (Lipinski definition) is 6. The van der Waals surface area contributed by atoms with Gasteiger partial charge in [-0.2, -0.15) is 10.1 Å². The van der Waals surface area contributed by atoms with Gasteiger partial charge in [0.2, 0.25) is 5.95 Å². The van der Waals surface area contributed by atoms with Crippen molar-refractivity contribution in [3.63, 3.8) is 0 Å². The highest BCUT2D eigenvalue weighted by Gasteiger charge is 2.34. The number of nitrogens with one attached hydrogen (secondary N) is 2. The van der Waals surface area contributed by atoms with Crippen molar-refractivity contribution in [1.82, 2.24) is 14.8 Å². The lowest BCUT2D eigenvalue weighted by Crippen LogP contribution is -2.31. The van der Waals surface area contributed by atoms with Crippen LogP contribution in [0.1, 0.15) is 30.8 Å². The van der Waals surface area contributed by atoms with Crippen LogP contribution in [0.4, 0.5) is 11.6 Å². The molecular formula is C23H23Cl2N5O3. The lowest BCUT2D eigenvalue weighted by atomic mass is 9.95. The maximum Gasteiger partial charge on any atom is 0.255 e. The number of methoxy groups -OCH3 is 1. The Labute approximate surface area is 201 Å². The van der Waals surface area contributed by atoms with Crippen molar-refractivity contribution >= 4 is 40.7 Å². The van der Waals surface area contributed by atoms with Gasteiger partial charge in [-0.05, 0) is 43.2 Å². The molecule has 1 aromatic heterocycles. The van der Waals surface area contributed by atoms with Crippen LogP contribution in [0.2, 0.25) is 10.0 Å². The molecule has 0 bridgehead atoms. The molecule has 2 aromatic carbocycles. The first-order valence-corrected chi connectivity index (χ1v) is 11.1. The molecule has 0 fully saturated rings. The fourth-order valence-corrected chi connectivity index (χ4v) is 4.07. The Morgan fingerprint density at radius 3 is 2.76 bits per heavy atom. The van der Waals surface area contributed by atoms with E-state index in [2.05, 4.69) is 20.7 Å². The molecule has 2 heterocycles. The van der Waals surface area contributed by atoms with Gasteiger partial charge in [0.05, 0.1) is 28.4 Å². The highest BCUT2D eigenvalue weighted by Crippen LogP contribution is 2.38. The molecule has 10 heteroatoms. The van der Waals surface area contributed by atoms with Crippen LogP contribution in [-0.4, -0.2) is 39.5 Å². The number of ether oxygens (including phenoxy) is 1. The van der Waals surface area contributed by atoms with Crippen LogP contribution in [0.5, 0.6) is 5.75 Å². The minimum atomic E-state index is -0.596. The zero-order chi connectivity index (χ0) is 23.5. The third-order valence-electron chi connectivity index (χ3n) is 5.31. The summed E-state index contributed by atoms with van der Waals surface area (Å²) in [5.74, 6) is 1.30. The number of rotatable bonds is 7. The summed E-state index contributed by atoms with van der Waals surface area (Å²) in [6, 6.07) is 11.8. The van der Waals surface area contributed by atoms with Crippen LogP contribution in [-0.2, 0) is 11.2 Å². The number of aliphatic hydroxyl groups is 1. The molecule has 33 heavy (non-hydrogen) atoms. The summed E-state index contributed by atoms with van der Waals surface area (Å²) in [6.45, 7) is 1.85. The number of allylic oxidation sites excluding steroid dienone is 1. The molecule has 3 aromatic rings. The van der Waals surface area contributed by atoms with E-state index in [1.807, 2.05) is 25.1 Å². The van der Waals surface area contributed by atoms with Gasteiger partial charge in [-0.1, -0.05) is 41.4 Å². The van der Waals surface area contributed by atoms with Crippen molar-refractivity contribution < 1.29 is 14.6 Å². The number of para-hydroxylation sites is 2. The van der Waals surface area contributed by atoms with Gasteiger partial charge in [0.15, 0.2) is 5.82 Å². The summed E-state index contributed by atoms with van der Waals surface area (Å²) in [4.78, 5) is 18.1. The van der Waals surface area contributed by atoms with E-state index < -0.39 is 6.04 Å². The van der Waals surface area contributed by atoms with Gasteiger partial charge in [0.1, 0.15) is 11.8 Å². The predicted molar refractivity (Wildman–Crippen MR) is 128 cm³/mol. The third-order valence-corrected chi connectivity index (χ3v) is 6.05. The average molecular weight is 488 g/mol. The number of aryl methyl sites for hydroxylation is 1. The van der Waals surface area contributed by atoms with Gasteiger partial charge in [-0.25, -0.2) is 4.68 Å². The van der Waals surface area contributed by atoms with Crippen LogP contribution in [0.25, 0.3) is 0 Å². The van der Waals surface area contributed by atoms with Crippen LogP contribution in [0.15, 0.2) is 53.7 Å². The second-order valence-corrected chi connectivity index (χ2v) is 8.33. The third kappa shape index (κ3) is 4.68. The van der Waals surface area contributed by atoms with Gasteiger partial charge in [-0.15, -0.1) is 0 Å². The van der Waals surface area contributed by atoms with E-state index in [4.69, 9.17) is 27.9 Å². The zero-order valence-corrected chi connectivity index (χ0v) is 19.6. The van der Waals surface area contributed by atoms with E-state index >= 15 is 0 Å². The lowest BCUT2D eigenvalue weighted by molar-refractivity contribution is -0.113. The van der Waals surface area contributed by atoms with Crippen LogP contribution in [0, 0.1) is 0 Å². The van der Waals surface area contributed by atoms with E-state index in [1.165, 1.54) is 0 Å². The van der Waals surface area contributed by atoms with Gasteiger partial charge in [0, 0.05) is 18.7 Å². The Balaban J connectivity index is 1.78. The fraction of sp³-hybridized carbons (Fsp3) is 0.261. The minimum Gasteiger partial charge on any atom is -0.495 e. The Morgan fingerprint density at radius 1 is 1.24 bits per heavy atom. The van der Waals surface area contributed by atoms with Gasteiger partial charge >= 0.3 is 0 Å². The van der Waals surface area contributed by atoms with E-state index in [0.717, 1.165) is 5.56 Å². The second kappa shape index (κ2) is 9.82. The number of nitrogens with zero attached hydrogens (tertiary/aromatic N) is 3. The second-order valence-electron chi connectivity index (χ2n) is 7.52. The molecule has 8 nitrogen and oxygen atoms in total. The van der Waals surface area contributed by atoms with Gasteiger partial charge < -0.3 is 20.5 Å². The zero-order valence-electron chi connectivity index (χ0n) is 18.1. The van der Waals surface area contributed by atoms with Crippen molar-refractivity contribution in [3.05, 3.63) is 75.2 Å². The standard InChI is InChI=1S/C23H23Cl2N5O3/c1-13-20(22(32)27-17-6-3-4-7-18(17)33-2)21(14-9-10-15(24)16(25)12-14)30-23(26-13)28-19(29-30)8-5-11-31/h3-4,6-7,9-10,12,21,31H,5,8,11H2,1-2H3,(H,27,32)(H,26,28,29)/t21-/m1/s1. The average Bonchev–Trinajstić information content (AvgIpc) is 3.21. The largest absolute Gasteiger partial charge is 0.495 e. The molecule has 0 aliphatic carbocycles. The Hall–Kier alpha value is -3.07. The number of halogens is 2. The van der Waals surface area contributed by atoms with Crippen LogP contribution >= 0.6 is 23.2 Å². The number of aromatic nitrogens is 3. The summed E-state index contributed by atoms with van der Waals surface area (Å²) in [5.41, 5.74) is 2.36. The van der Waals surface area contributed by atoms with Crippen molar-refractivity contribution in [2.45, 2.75) is 25.8 Å². The summed E-state index contributed by atoms with van der Waals surface area (Å²) in [6.07, 6.45) is 1.04. The van der Waals surface area contributed by atoms with Gasteiger partial charge in [-0.3, -0.25) is 4.79 Å². The molecule has 0 radical (unpaired) electrons. The van der Waals surface area contributed by atoms with E-state index in [1.54, 1.807) is 36.1 Å². The Kier molecular flexibility index (Phi) is 6.88. The number of carbonyl (C=O) groups excluding carboxylic acids is 1. The lowest BCUT2D eigenvalue weighted by Gasteiger charge is -2.29. The van der Waals surface area contributed by atoms with E-state index in [9.17, 15) is 9.90 Å². The van der Waals surface area contributed by atoms with Crippen LogP contribution in [0.3, 0.4) is 0 Å². The molecule has 0 saturated heterocycles. The minimum absolute atomic E-state index is 0.0391. The first-order valence-electron chi connectivity index (χ1n) is 10.4. The molecule has 4 rings (SSSR count). The fourth-order valence-electron chi connectivity index (χ4n) is 3.76. The first kappa shape index (κ1) is 23.1. The maximum atomic E-state index is 13.6. The Bertz CT molecular complexity index is 1220. The summed E-state index contributed by atoms with van der Waals surface area (Å²) >= 11 is 12.5. The number of aliphatic hydroxyl groups excluding tert-OH is 1. The normalized spacial score (nSPS) is 15.1. The van der Waals surface area contributed by atoms with Crippen molar-refractivity contribution in [2.24, 2.45) is 0 Å². The Morgan fingerprint density at radius 2 is 2.03 bits per heavy atom. The molecule has 0 unspecified atom stereocenters. The van der Waals surface area contributed by atoms with Gasteiger partial charge in [0.25, 0.3) is 5.91 Å². The van der Waals surface area contributed by atoms with Crippen molar-refractivity contribution in [2.75, 3.05) is 24.4 Å². The monoisotopic (exact) mass is 487 g/mol. The summed E-state index contributed by atoms with van der Waals surface area (Å²) < 4.78 is 7.03. The molecule has 1 aliphatic rings. The number of carbonyl (C=O) groups is 1. The number of anilines is 2.